The maximum atomic E-state index is 11.9. The highest BCUT2D eigenvalue weighted by atomic mass is 79.9. The van der Waals surface area contributed by atoms with Crippen molar-refractivity contribution in [3.8, 4) is 0 Å². The van der Waals surface area contributed by atoms with Gasteiger partial charge in [0.2, 0.25) is 0 Å². The molecule has 1 amide bonds. The van der Waals surface area contributed by atoms with Crippen LogP contribution in [0.3, 0.4) is 0 Å². The van der Waals surface area contributed by atoms with Crippen molar-refractivity contribution in [1.82, 2.24) is 0 Å². The lowest BCUT2D eigenvalue weighted by Crippen LogP contribution is -2.29. The molecule has 0 aliphatic carbocycles. The second-order valence-corrected chi connectivity index (χ2v) is 3.35. The molecule has 0 radical (unpaired) electrons. The minimum absolute atomic E-state index is 0.134. The van der Waals surface area contributed by atoms with Gasteiger partial charge in [-0.25, -0.2) is 0 Å². The van der Waals surface area contributed by atoms with E-state index < -0.39 is 12.1 Å². The van der Waals surface area contributed by atoms with Gasteiger partial charge in [-0.2, -0.15) is 13.2 Å². The lowest BCUT2D eigenvalue weighted by atomic mass is 10.2. The van der Waals surface area contributed by atoms with Gasteiger partial charge in [0, 0.05) is 11.0 Å². The first-order chi connectivity index (χ1) is 6.93. The van der Waals surface area contributed by atoms with Crippen molar-refractivity contribution >= 4 is 27.5 Å². The van der Waals surface area contributed by atoms with Crippen molar-refractivity contribution in [2.75, 3.05) is 5.32 Å². The molecule has 0 aliphatic heterocycles. The molecular formula is C9H7BrF3NO. The van der Waals surface area contributed by atoms with Crippen LogP contribution in [0.15, 0.2) is 24.3 Å². The monoisotopic (exact) mass is 281 g/mol. The van der Waals surface area contributed by atoms with Crippen LogP contribution in [0.2, 0.25) is 0 Å². The molecule has 1 aromatic carbocycles. The highest BCUT2D eigenvalue weighted by Crippen LogP contribution is 2.19. The zero-order valence-electron chi connectivity index (χ0n) is 7.44. The molecule has 0 spiro atoms. The van der Waals surface area contributed by atoms with Crippen molar-refractivity contribution in [3.63, 3.8) is 0 Å². The van der Waals surface area contributed by atoms with E-state index in [-0.39, 0.29) is 5.69 Å². The second kappa shape index (κ2) is 4.65. The molecule has 0 atom stereocenters. The third kappa shape index (κ3) is 3.54. The highest BCUT2D eigenvalue weighted by Gasteiger charge is 2.38. The average molecular weight is 282 g/mol. The Bertz CT molecular complexity index is 365. The van der Waals surface area contributed by atoms with Crippen molar-refractivity contribution in [2.45, 2.75) is 11.5 Å². The van der Waals surface area contributed by atoms with Crippen LogP contribution < -0.4 is 5.32 Å². The number of amides is 1. The molecule has 1 N–H and O–H groups in total. The summed E-state index contributed by atoms with van der Waals surface area (Å²) in [6, 6.07) is 6.18. The van der Waals surface area contributed by atoms with Gasteiger partial charge in [0.25, 0.3) is 0 Å². The molecule has 0 aromatic heterocycles. The number of benzene rings is 1. The molecule has 0 heterocycles. The van der Waals surface area contributed by atoms with Crippen molar-refractivity contribution < 1.29 is 18.0 Å². The number of hydrogen-bond acceptors (Lipinski definition) is 1. The molecular weight excluding hydrogens is 275 g/mol. The largest absolute Gasteiger partial charge is 0.471 e. The number of halogens is 4. The van der Waals surface area contributed by atoms with Gasteiger partial charge in [-0.3, -0.25) is 4.79 Å². The van der Waals surface area contributed by atoms with Gasteiger partial charge in [-0.05, 0) is 17.7 Å². The Labute approximate surface area is 92.6 Å². The van der Waals surface area contributed by atoms with Gasteiger partial charge in [0.1, 0.15) is 0 Å². The number of nitrogens with one attached hydrogen (secondary N) is 1. The van der Waals surface area contributed by atoms with E-state index in [1.165, 1.54) is 12.1 Å². The van der Waals surface area contributed by atoms with E-state index in [0.717, 1.165) is 5.56 Å². The summed E-state index contributed by atoms with van der Waals surface area (Å²) >= 11 is 3.16. The molecule has 1 aromatic rings. The summed E-state index contributed by atoms with van der Waals surface area (Å²) in [6.07, 6.45) is -4.86. The fourth-order valence-electron chi connectivity index (χ4n) is 0.934. The molecule has 2 nitrogen and oxygen atoms in total. The number of rotatable bonds is 2. The lowest BCUT2D eigenvalue weighted by molar-refractivity contribution is -0.167. The first-order valence-corrected chi connectivity index (χ1v) is 5.08. The minimum atomic E-state index is -4.86. The number of anilines is 1. The topological polar surface area (TPSA) is 29.1 Å². The van der Waals surface area contributed by atoms with Gasteiger partial charge < -0.3 is 5.32 Å². The molecule has 0 unspecified atom stereocenters. The zero-order valence-corrected chi connectivity index (χ0v) is 9.02. The summed E-state index contributed by atoms with van der Waals surface area (Å²) in [7, 11) is 0. The molecule has 15 heavy (non-hydrogen) atoms. The molecule has 1 rings (SSSR count). The summed E-state index contributed by atoms with van der Waals surface area (Å²) < 4.78 is 35.7. The van der Waals surface area contributed by atoms with E-state index in [1.807, 2.05) is 0 Å². The predicted octanol–water partition coefficient (Wildman–Crippen LogP) is 3.08. The van der Waals surface area contributed by atoms with E-state index in [9.17, 15) is 18.0 Å². The van der Waals surface area contributed by atoms with Crippen LogP contribution in [0.25, 0.3) is 0 Å². The maximum absolute atomic E-state index is 11.9. The Morgan fingerprint density at radius 1 is 1.40 bits per heavy atom. The van der Waals surface area contributed by atoms with Gasteiger partial charge in [0.05, 0.1) is 0 Å². The lowest BCUT2D eigenvalue weighted by Gasteiger charge is -2.08. The first kappa shape index (κ1) is 12.0. The fourth-order valence-corrected chi connectivity index (χ4v) is 1.28. The Balaban J connectivity index is 2.77. The number of carbonyl (C=O) groups is 1. The Morgan fingerprint density at radius 2 is 2.07 bits per heavy atom. The van der Waals surface area contributed by atoms with Crippen LogP contribution in [0.4, 0.5) is 18.9 Å². The maximum Gasteiger partial charge on any atom is 0.471 e. The van der Waals surface area contributed by atoms with Crippen molar-refractivity contribution in [1.29, 1.82) is 0 Å². The number of carbonyl (C=O) groups excluding carboxylic acids is 1. The first-order valence-electron chi connectivity index (χ1n) is 3.96. The smallest absolute Gasteiger partial charge is 0.318 e. The third-order valence-electron chi connectivity index (χ3n) is 1.60. The third-order valence-corrected chi connectivity index (χ3v) is 2.24. The molecule has 0 aliphatic rings. The SMILES string of the molecule is O=C(Nc1cccc(CBr)c1)C(F)(F)F. The quantitative estimate of drug-likeness (QED) is 0.830. The summed E-state index contributed by atoms with van der Waals surface area (Å²) in [4.78, 5) is 10.6. The molecule has 82 valence electrons. The van der Waals surface area contributed by atoms with Crippen LogP contribution in [0.5, 0.6) is 0 Å². The van der Waals surface area contributed by atoms with Gasteiger partial charge in [-0.1, -0.05) is 28.1 Å². The van der Waals surface area contributed by atoms with Crippen LogP contribution in [0, 0.1) is 0 Å². The summed E-state index contributed by atoms with van der Waals surface area (Å²) in [5.41, 5.74) is 0.921. The zero-order chi connectivity index (χ0) is 11.5. The van der Waals surface area contributed by atoms with Crippen LogP contribution in [-0.2, 0) is 10.1 Å². The van der Waals surface area contributed by atoms with Crippen molar-refractivity contribution in [3.05, 3.63) is 29.8 Å². The summed E-state index contributed by atoms with van der Waals surface area (Å²) in [5, 5.41) is 2.29. The Kier molecular flexibility index (Phi) is 3.73. The molecule has 0 saturated carbocycles. The van der Waals surface area contributed by atoms with E-state index in [0.29, 0.717) is 5.33 Å². The Hall–Kier alpha value is -1.04. The van der Waals surface area contributed by atoms with E-state index in [1.54, 1.807) is 17.4 Å². The molecule has 6 heteroatoms. The van der Waals surface area contributed by atoms with Gasteiger partial charge in [0.15, 0.2) is 0 Å². The van der Waals surface area contributed by atoms with Crippen molar-refractivity contribution in [2.24, 2.45) is 0 Å². The number of alkyl halides is 4. The van der Waals surface area contributed by atoms with E-state index >= 15 is 0 Å². The normalized spacial score (nSPS) is 11.2. The number of hydrogen-bond donors (Lipinski definition) is 1. The van der Waals surface area contributed by atoms with E-state index in [2.05, 4.69) is 15.9 Å². The highest BCUT2D eigenvalue weighted by molar-refractivity contribution is 9.08. The molecule has 0 bridgehead atoms. The van der Waals surface area contributed by atoms with Crippen LogP contribution in [-0.4, -0.2) is 12.1 Å². The van der Waals surface area contributed by atoms with E-state index in [4.69, 9.17) is 0 Å². The summed E-state index contributed by atoms with van der Waals surface area (Å²) in [6.45, 7) is 0. The van der Waals surface area contributed by atoms with Gasteiger partial charge >= 0.3 is 12.1 Å². The van der Waals surface area contributed by atoms with Gasteiger partial charge in [-0.15, -0.1) is 0 Å². The minimum Gasteiger partial charge on any atom is -0.318 e. The van der Waals surface area contributed by atoms with Crippen LogP contribution >= 0.6 is 15.9 Å². The van der Waals surface area contributed by atoms with Crippen LogP contribution in [0.1, 0.15) is 5.56 Å². The Morgan fingerprint density at radius 3 is 2.60 bits per heavy atom. The molecule has 0 saturated heterocycles. The average Bonchev–Trinajstić information content (AvgIpc) is 2.16. The second-order valence-electron chi connectivity index (χ2n) is 2.79. The molecule has 0 fully saturated rings. The summed E-state index contributed by atoms with van der Waals surface area (Å²) in [5.74, 6) is -1.96. The predicted molar refractivity (Wildman–Crippen MR) is 53.8 cm³/mol. The standard InChI is InChI=1S/C9H7BrF3NO/c10-5-6-2-1-3-7(4-6)14-8(15)9(11,12)13/h1-4H,5H2,(H,14,15). The fraction of sp³-hybridized carbons (Fsp3) is 0.222.